The Hall–Kier alpha value is -0.560. The van der Waals surface area contributed by atoms with Crippen molar-refractivity contribution < 1.29 is 13.2 Å². The summed E-state index contributed by atoms with van der Waals surface area (Å²) in [5.74, 6) is 0.215. The minimum absolute atomic E-state index is 0.0107. The number of carbonyl (C=O) groups excluding carboxylic acids is 1. The Labute approximate surface area is 118 Å². The topological polar surface area (TPSA) is 66.8 Å². The minimum atomic E-state index is -2.92. The smallest absolute Gasteiger partial charge is 0.250 e. The summed E-state index contributed by atoms with van der Waals surface area (Å²) in [5, 5.41) is 0.742. The summed E-state index contributed by atoms with van der Waals surface area (Å²) in [4.78, 5) is 18.1. The molecule has 7 heteroatoms. The van der Waals surface area contributed by atoms with Crippen LogP contribution in [-0.4, -0.2) is 53.7 Å². The highest BCUT2D eigenvalue weighted by molar-refractivity contribution is 8.15. The lowest BCUT2D eigenvalue weighted by atomic mass is 10.1. The van der Waals surface area contributed by atoms with Gasteiger partial charge < -0.3 is 4.90 Å². The summed E-state index contributed by atoms with van der Waals surface area (Å²) in [7, 11) is -2.92. The maximum absolute atomic E-state index is 11.9. The zero-order valence-electron chi connectivity index (χ0n) is 11.5. The molecule has 19 heavy (non-hydrogen) atoms. The molecule has 2 saturated heterocycles. The molecule has 0 saturated carbocycles. The van der Waals surface area contributed by atoms with Gasteiger partial charge >= 0.3 is 0 Å². The van der Waals surface area contributed by atoms with Crippen LogP contribution in [0.1, 0.15) is 27.2 Å². The van der Waals surface area contributed by atoms with Crippen LogP contribution in [0, 0.1) is 5.92 Å². The normalized spacial score (nSPS) is 32.6. The second kappa shape index (κ2) is 5.44. The average molecular weight is 304 g/mol. The molecule has 0 aromatic heterocycles. The third-order valence-corrected chi connectivity index (χ3v) is 7.00. The Morgan fingerprint density at radius 3 is 2.74 bits per heavy atom. The van der Waals surface area contributed by atoms with Crippen LogP contribution in [0.4, 0.5) is 0 Å². The molecular weight excluding hydrogens is 284 g/mol. The van der Waals surface area contributed by atoms with Gasteiger partial charge in [0.15, 0.2) is 15.0 Å². The van der Waals surface area contributed by atoms with E-state index in [2.05, 4.69) is 4.99 Å². The van der Waals surface area contributed by atoms with Gasteiger partial charge in [0.2, 0.25) is 0 Å². The first-order valence-electron chi connectivity index (χ1n) is 6.64. The molecule has 2 fully saturated rings. The number of nitrogens with zero attached hydrogens (tertiary/aromatic N) is 2. The van der Waals surface area contributed by atoms with E-state index in [1.54, 1.807) is 0 Å². The van der Waals surface area contributed by atoms with Crippen LogP contribution >= 0.6 is 11.8 Å². The minimum Gasteiger partial charge on any atom is -0.346 e. The highest BCUT2D eigenvalue weighted by atomic mass is 32.2. The maximum Gasteiger partial charge on any atom is 0.250 e. The van der Waals surface area contributed by atoms with Crippen molar-refractivity contribution in [1.29, 1.82) is 0 Å². The van der Waals surface area contributed by atoms with E-state index in [0.29, 0.717) is 11.7 Å². The molecule has 0 aromatic rings. The Bertz CT molecular complexity index is 501. The number of sulfone groups is 1. The summed E-state index contributed by atoms with van der Waals surface area (Å²) in [6.07, 6.45) is 0.771. The Morgan fingerprint density at radius 2 is 2.16 bits per heavy atom. The third-order valence-electron chi connectivity index (χ3n) is 3.76. The van der Waals surface area contributed by atoms with Gasteiger partial charge in [0.05, 0.1) is 17.5 Å². The molecule has 108 valence electrons. The van der Waals surface area contributed by atoms with Crippen LogP contribution in [-0.2, 0) is 14.6 Å². The van der Waals surface area contributed by atoms with Gasteiger partial charge in [-0.1, -0.05) is 25.6 Å². The van der Waals surface area contributed by atoms with Crippen LogP contribution in [0.25, 0.3) is 0 Å². The quantitative estimate of drug-likeness (QED) is 0.782. The van der Waals surface area contributed by atoms with Gasteiger partial charge in [-0.15, -0.1) is 0 Å². The largest absolute Gasteiger partial charge is 0.346 e. The van der Waals surface area contributed by atoms with Crippen molar-refractivity contribution >= 4 is 32.7 Å². The van der Waals surface area contributed by atoms with Crippen LogP contribution < -0.4 is 0 Å². The van der Waals surface area contributed by atoms with E-state index in [1.807, 2.05) is 25.7 Å². The summed E-state index contributed by atoms with van der Waals surface area (Å²) < 4.78 is 23.3. The Balaban J connectivity index is 2.18. The number of carbonyl (C=O) groups is 1. The maximum atomic E-state index is 11.9. The molecule has 5 nitrogen and oxygen atoms in total. The number of aliphatic imine (C=N–C) groups is 1. The molecule has 1 amide bonds. The van der Waals surface area contributed by atoms with Crippen molar-refractivity contribution in [3.63, 3.8) is 0 Å². The molecule has 0 spiro atoms. The molecule has 2 rings (SSSR count). The number of hydrogen-bond acceptors (Lipinski definition) is 4. The molecule has 0 unspecified atom stereocenters. The van der Waals surface area contributed by atoms with Crippen molar-refractivity contribution in [1.82, 2.24) is 4.90 Å². The monoisotopic (exact) mass is 304 g/mol. The first kappa shape index (κ1) is 14.8. The molecule has 2 heterocycles. The van der Waals surface area contributed by atoms with E-state index in [9.17, 15) is 13.2 Å². The van der Waals surface area contributed by atoms with Crippen molar-refractivity contribution in [2.45, 2.75) is 38.5 Å². The number of fused-ring (bicyclic) bond motifs is 1. The second-order valence-corrected chi connectivity index (χ2v) is 8.49. The molecular formula is C12H20N2O3S2. The molecule has 2 aliphatic rings. The van der Waals surface area contributed by atoms with Gasteiger partial charge in [-0.25, -0.2) is 8.42 Å². The van der Waals surface area contributed by atoms with Gasteiger partial charge in [0.25, 0.3) is 5.91 Å². The van der Waals surface area contributed by atoms with E-state index in [1.165, 1.54) is 11.8 Å². The highest BCUT2D eigenvalue weighted by Crippen LogP contribution is 2.37. The molecule has 3 atom stereocenters. The van der Waals surface area contributed by atoms with Gasteiger partial charge in [0, 0.05) is 17.7 Å². The fraction of sp³-hybridized carbons (Fsp3) is 0.833. The molecule has 0 bridgehead atoms. The second-order valence-electron chi connectivity index (χ2n) is 5.13. The predicted molar refractivity (Wildman–Crippen MR) is 78.1 cm³/mol. The lowest BCUT2D eigenvalue weighted by molar-refractivity contribution is -0.121. The van der Waals surface area contributed by atoms with Gasteiger partial charge in [0.1, 0.15) is 0 Å². The van der Waals surface area contributed by atoms with Gasteiger partial charge in [-0.2, -0.15) is 4.99 Å². The fourth-order valence-corrected chi connectivity index (χ4v) is 6.41. The average Bonchev–Trinajstić information content (AvgIpc) is 2.78. The first-order valence-corrected chi connectivity index (χ1v) is 9.34. The zero-order chi connectivity index (χ0) is 14.2. The standard InChI is InChI=1S/C12H20N2O3S2/c1-4-8(3)11(15)13-12-14(5-2)9-6-19(16,17)7-10(9)18-12/h8-10H,4-7H2,1-3H3/t8-,9+,10-/m0/s1. The molecule has 0 aromatic carbocycles. The Morgan fingerprint density at radius 1 is 1.47 bits per heavy atom. The molecule has 0 radical (unpaired) electrons. The first-order chi connectivity index (χ1) is 8.88. The van der Waals surface area contributed by atoms with Crippen LogP contribution in [0.15, 0.2) is 4.99 Å². The van der Waals surface area contributed by atoms with E-state index in [-0.39, 0.29) is 34.6 Å². The van der Waals surface area contributed by atoms with Crippen molar-refractivity contribution in [3.8, 4) is 0 Å². The molecule has 0 N–H and O–H groups in total. The van der Waals surface area contributed by atoms with Crippen molar-refractivity contribution in [2.75, 3.05) is 18.1 Å². The number of hydrogen-bond donors (Lipinski definition) is 0. The molecule has 2 aliphatic heterocycles. The number of thioether (sulfide) groups is 1. The SMILES string of the molecule is CC[C@H](C)C(=O)N=C1S[C@H]2CS(=O)(=O)C[C@H]2N1CC. The van der Waals surface area contributed by atoms with Crippen LogP contribution in [0.3, 0.4) is 0 Å². The highest BCUT2D eigenvalue weighted by Gasteiger charge is 2.48. The van der Waals surface area contributed by atoms with Crippen molar-refractivity contribution in [2.24, 2.45) is 10.9 Å². The summed E-state index contributed by atoms with van der Waals surface area (Å²) in [6, 6.07) is -0.0107. The number of amidine groups is 1. The Kier molecular flexibility index (Phi) is 4.25. The van der Waals surface area contributed by atoms with Crippen LogP contribution in [0.5, 0.6) is 0 Å². The van der Waals surface area contributed by atoms with E-state index >= 15 is 0 Å². The fourth-order valence-electron chi connectivity index (χ4n) is 2.38. The van der Waals surface area contributed by atoms with Gasteiger partial charge in [-0.3, -0.25) is 4.79 Å². The van der Waals surface area contributed by atoms with Gasteiger partial charge in [-0.05, 0) is 13.3 Å². The lowest BCUT2D eigenvalue weighted by Crippen LogP contribution is -2.37. The lowest BCUT2D eigenvalue weighted by Gasteiger charge is -2.22. The third kappa shape index (κ3) is 2.97. The van der Waals surface area contributed by atoms with E-state index in [4.69, 9.17) is 0 Å². The summed E-state index contributed by atoms with van der Waals surface area (Å²) >= 11 is 1.45. The predicted octanol–water partition coefficient (Wildman–Crippen LogP) is 1.15. The summed E-state index contributed by atoms with van der Waals surface area (Å²) in [5.41, 5.74) is 0. The number of amides is 1. The van der Waals surface area contributed by atoms with Crippen LogP contribution in [0.2, 0.25) is 0 Å². The number of rotatable bonds is 3. The van der Waals surface area contributed by atoms with E-state index in [0.717, 1.165) is 6.42 Å². The van der Waals surface area contributed by atoms with E-state index < -0.39 is 9.84 Å². The zero-order valence-corrected chi connectivity index (χ0v) is 13.1. The summed E-state index contributed by atoms with van der Waals surface area (Å²) in [6.45, 7) is 6.49. The molecule has 0 aliphatic carbocycles. The van der Waals surface area contributed by atoms with Crippen molar-refractivity contribution in [3.05, 3.63) is 0 Å².